The van der Waals surface area contributed by atoms with E-state index in [2.05, 4.69) is 11.9 Å². The number of phenols is 1. The standard InChI is InChI=1S/C19H24N2O2/c1-3-14(12-21-11-10-20-13(21)2)19(23)17-8-9-18(22)16-7-5-4-6-15(16)17/h8-11,14,22H,3-7,12H2,1-2H3. The summed E-state index contributed by atoms with van der Waals surface area (Å²) in [6.45, 7) is 4.68. The van der Waals surface area contributed by atoms with E-state index >= 15 is 0 Å². The molecule has 1 aromatic carbocycles. The average Bonchev–Trinajstić information content (AvgIpc) is 2.97. The zero-order valence-corrected chi connectivity index (χ0v) is 13.9. The maximum Gasteiger partial charge on any atom is 0.168 e. The Kier molecular flexibility index (Phi) is 4.51. The largest absolute Gasteiger partial charge is 0.508 e. The maximum atomic E-state index is 13.1. The molecular formula is C19H24N2O2. The predicted molar refractivity (Wildman–Crippen MR) is 89.8 cm³/mol. The lowest BCUT2D eigenvalue weighted by Gasteiger charge is -2.22. The molecule has 1 aliphatic rings. The molecule has 0 radical (unpaired) electrons. The fourth-order valence-electron chi connectivity index (χ4n) is 3.53. The van der Waals surface area contributed by atoms with E-state index in [4.69, 9.17) is 0 Å². The Hall–Kier alpha value is -2.10. The SMILES string of the molecule is CCC(Cn1ccnc1C)C(=O)c1ccc(O)c2c1CCCC2. The molecule has 1 heterocycles. The number of nitrogens with zero attached hydrogens (tertiary/aromatic N) is 2. The van der Waals surface area contributed by atoms with Gasteiger partial charge in [-0.05, 0) is 62.3 Å². The average molecular weight is 312 g/mol. The molecule has 1 aromatic heterocycles. The molecule has 4 heteroatoms. The van der Waals surface area contributed by atoms with Gasteiger partial charge < -0.3 is 9.67 Å². The predicted octanol–water partition coefficient (Wildman–Crippen LogP) is 3.69. The van der Waals surface area contributed by atoms with Crippen LogP contribution < -0.4 is 0 Å². The van der Waals surface area contributed by atoms with E-state index in [1.807, 2.05) is 23.8 Å². The van der Waals surface area contributed by atoms with Gasteiger partial charge in [-0.3, -0.25) is 4.79 Å². The van der Waals surface area contributed by atoms with E-state index in [0.717, 1.165) is 54.6 Å². The van der Waals surface area contributed by atoms with Crippen LogP contribution >= 0.6 is 0 Å². The summed E-state index contributed by atoms with van der Waals surface area (Å²) < 4.78 is 2.04. The Balaban J connectivity index is 1.91. The van der Waals surface area contributed by atoms with Crippen LogP contribution in [0.4, 0.5) is 0 Å². The van der Waals surface area contributed by atoms with Gasteiger partial charge in [0.05, 0.1) is 0 Å². The highest BCUT2D eigenvalue weighted by atomic mass is 16.3. The molecule has 0 bridgehead atoms. The van der Waals surface area contributed by atoms with E-state index in [1.54, 1.807) is 12.3 Å². The Bertz CT molecular complexity index is 718. The summed E-state index contributed by atoms with van der Waals surface area (Å²) >= 11 is 0. The minimum atomic E-state index is -0.0570. The van der Waals surface area contributed by atoms with Crippen LogP contribution in [0.3, 0.4) is 0 Å². The molecule has 0 aliphatic heterocycles. The van der Waals surface area contributed by atoms with Crippen molar-refractivity contribution >= 4 is 5.78 Å². The van der Waals surface area contributed by atoms with Crippen LogP contribution in [0.5, 0.6) is 5.75 Å². The number of imidazole rings is 1. The first kappa shape index (κ1) is 15.8. The summed E-state index contributed by atoms with van der Waals surface area (Å²) in [5, 5.41) is 10.1. The molecule has 0 saturated carbocycles. The Morgan fingerprint density at radius 1 is 1.30 bits per heavy atom. The van der Waals surface area contributed by atoms with Gasteiger partial charge in [-0.15, -0.1) is 0 Å². The number of aromatic hydroxyl groups is 1. The summed E-state index contributed by atoms with van der Waals surface area (Å²) in [4.78, 5) is 17.3. The number of ketones is 1. The molecule has 0 spiro atoms. The van der Waals surface area contributed by atoms with Gasteiger partial charge in [0.25, 0.3) is 0 Å². The summed E-state index contributed by atoms with van der Waals surface area (Å²) in [6, 6.07) is 3.50. The van der Waals surface area contributed by atoms with Gasteiger partial charge >= 0.3 is 0 Å². The first-order chi connectivity index (χ1) is 11.1. The van der Waals surface area contributed by atoms with Crippen LogP contribution in [0.25, 0.3) is 0 Å². The molecule has 1 atom stereocenters. The van der Waals surface area contributed by atoms with Crippen LogP contribution in [0.15, 0.2) is 24.5 Å². The smallest absolute Gasteiger partial charge is 0.168 e. The summed E-state index contributed by atoms with van der Waals surface area (Å²) in [5.41, 5.74) is 2.86. The van der Waals surface area contributed by atoms with Crippen molar-refractivity contribution in [3.8, 4) is 5.75 Å². The molecule has 1 N–H and O–H groups in total. The highest BCUT2D eigenvalue weighted by molar-refractivity contribution is 5.99. The van der Waals surface area contributed by atoms with Crippen molar-refractivity contribution < 1.29 is 9.90 Å². The second kappa shape index (κ2) is 6.57. The third kappa shape index (κ3) is 3.03. The molecule has 0 saturated heterocycles. The van der Waals surface area contributed by atoms with Gasteiger partial charge in [0.1, 0.15) is 11.6 Å². The van der Waals surface area contributed by atoms with Crippen molar-refractivity contribution in [3.63, 3.8) is 0 Å². The minimum absolute atomic E-state index is 0.0570. The first-order valence-corrected chi connectivity index (χ1v) is 8.47. The molecular weight excluding hydrogens is 288 g/mol. The number of fused-ring (bicyclic) bond motifs is 1. The minimum Gasteiger partial charge on any atom is -0.508 e. The van der Waals surface area contributed by atoms with Crippen molar-refractivity contribution in [2.24, 2.45) is 5.92 Å². The van der Waals surface area contributed by atoms with E-state index in [1.165, 1.54) is 0 Å². The number of hydrogen-bond donors (Lipinski definition) is 1. The Morgan fingerprint density at radius 3 is 2.70 bits per heavy atom. The Labute approximate surface area is 137 Å². The molecule has 0 fully saturated rings. The third-order valence-corrected chi connectivity index (χ3v) is 4.98. The summed E-state index contributed by atoms with van der Waals surface area (Å²) in [6.07, 6.45) is 8.45. The van der Waals surface area contributed by atoms with Gasteiger partial charge in [-0.2, -0.15) is 0 Å². The lowest BCUT2D eigenvalue weighted by atomic mass is 9.83. The first-order valence-electron chi connectivity index (χ1n) is 8.47. The lowest BCUT2D eigenvalue weighted by Crippen LogP contribution is -2.23. The fourth-order valence-corrected chi connectivity index (χ4v) is 3.53. The van der Waals surface area contributed by atoms with E-state index in [-0.39, 0.29) is 11.7 Å². The second-order valence-corrected chi connectivity index (χ2v) is 6.39. The van der Waals surface area contributed by atoms with Crippen molar-refractivity contribution in [2.45, 2.75) is 52.5 Å². The quantitative estimate of drug-likeness (QED) is 0.857. The normalized spacial score (nSPS) is 15.2. The summed E-state index contributed by atoms with van der Waals surface area (Å²) in [5.74, 6) is 1.41. The van der Waals surface area contributed by atoms with E-state index in [0.29, 0.717) is 12.3 Å². The van der Waals surface area contributed by atoms with Crippen LogP contribution in [-0.2, 0) is 19.4 Å². The molecule has 4 nitrogen and oxygen atoms in total. The van der Waals surface area contributed by atoms with Gasteiger partial charge in [0, 0.05) is 30.4 Å². The number of carbonyl (C=O) groups excluding carboxylic acids is 1. The van der Waals surface area contributed by atoms with Crippen molar-refractivity contribution in [1.29, 1.82) is 0 Å². The number of phenolic OH excluding ortho intramolecular Hbond substituents is 1. The van der Waals surface area contributed by atoms with Crippen molar-refractivity contribution in [2.75, 3.05) is 0 Å². The van der Waals surface area contributed by atoms with Crippen LogP contribution in [0, 0.1) is 12.8 Å². The lowest BCUT2D eigenvalue weighted by molar-refractivity contribution is 0.0901. The van der Waals surface area contributed by atoms with Crippen molar-refractivity contribution in [3.05, 3.63) is 47.0 Å². The molecule has 23 heavy (non-hydrogen) atoms. The van der Waals surface area contributed by atoms with Gasteiger partial charge in [-0.25, -0.2) is 4.98 Å². The molecule has 1 unspecified atom stereocenters. The molecule has 0 amide bonds. The number of rotatable bonds is 5. The molecule has 1 aliphatic carbocycles. The number of hydrogen-bond acceptors (Lipinski definition) is 3. The number of benzene rings is 1. The van der Waals surface area contributed by atoms with Gasteiger partial charge in [-0.1, -0.05) is 6.92 Å². The second-order valence-electron chi connectivity index (χ2n) is 6.39. The highest BCUT2D eigenvalue weighted by Crippen LogP contribution is 2.33. The maximum absolute atomic E-state index is 13.1. The van der Waals surface area contributed by atoms with Gasteiger partial charge in [0.2, 0.25) is 0 Å². The van der Waals surface area contributed by atoms with Crippen LogP contribution in [0.1, 0.15) is 53.5 Å². The molecule has 122 valence electrons. The van der Waals surface area contributed by atoms with E-state index < -0.39 is 0 Å². The number of Topliss-reactive ketones (excluding diaryl/α,β-unsaturated/α-hetero) is 1. The molecule has 2 aromatic rings. The van der Waals surface area contributed by atoms with E-state index in [9.17, 15) is 9.90 Å². The highest BCUT2D eigenvalue weighted by Gasteiger charge is 2.25. The number of aromatic nitrogens is 2. The number of aryl methyl sites for hydroxylation is 1. The third-order valence-electron chi connectivity index (χ3n) is 4.98. The molecule has 3 rings (SSSR count). The monoisotopic (exact) mass is 312 g/mol. The Morgan fingerprint density at radius 2 is 2.04 bits per heavy atom. The van der Waals surface area contributed by atoms with Gasteiger partial charge in [0.15, 0.2) is 5.78 Å². The van der Waals surface area contributed by atoms with Crippen LogP contribution in [0.2, 0.25) is 0 Å². The van der Waals surface area contributed by atoms with Crippen molar-refractivity contribution in [1.82, 2.24) is 9.55 Å². The fraction of sp³-hybridized carbons (Fsp3) is 0.474. The topological polar surface area (TPSA) is 55.1 Å². The zero-order chi connectivity index (χ0) is 16.4. The zero-order valence-electron chi connectivity index (χ0n) is 13.9. The van der Waals surface area contributed by atoms with Crippen LogP contribution in [-0.4, -0.2) is 20.4 Å². The summed E-state index contributed by atoms with van der Waals surface area (Å²) in [7, 11) is 0. The number of carbonyl (C=O) groups is 1.